The number of hydrogen-bond donors (Lipinski definition) is 2. The van der Waals surface area contributed by atoms with Crippen molar-refractivity contribution in [3.8, 4) is 0 Å². The van der Waals surface area contributed by atoms with E-state index in [9.17, 15) is 19.8 Å². The molecule has 374 valence electrons. The van der Waals surface area contributed by atoms with Gasteiger partial charge < -0.3 is 21.8 Å². The molecule has 17 atom stereocenters. The monoisotopic (exact) mass is 1050 g/mol. The first-order valence-electron chi connectivity index (χ1n) is 27.5. The third-order valence-corrected chi connectivity index (χ3v) is 22.2. The van der Waals surface area contributed by atoms with E-state index in [1.165, 1.54) is 128 Å². The van der Waals surface area contributed by atoms with Crippen LogP contribution in [0.3, 0.4) is 0 Å². The summed E-state index contributed by atoms with van der Waals surface area (Å²) in [4.78, 5) is 39.7. The minimum atomic E-state index is -0.423. The first-order chi connectivity index (χ1) is 30.9. The molecule has 0 aromatic rings. The third kappa shape index (κ3) is 14.1. The fourth-order valence-electron chi connectivity index (χ4n) is 18.3. The minimum Gasteiger partial charge on any atom is -1.00 e. The Kier molecular flexibility index (Phi) is 23.8. The van der Waals surface area contributed by atoms with E-state index in [1.54, 1.807) is 0 Å². The van der Waals surface area contributed by atoms with Gasteiger partial charge in [0.15, 0.2) is 0 Å². The second-order valence-electron chi connectivity index (χ2n) is 25.5. The average Bonchev–Trinajstić information content (AvgIpc) is 3.83. The Bertz CT molecular complexity index is 1600. The molecule has 9 aliphatic carbocycles. The van der Waals surface area contributed by atoms with E-state index in [-0.39, 0.29) is 121 Å². The number of nitrogens with zero attached hydrogens (tertiary/aromatic N) is 1. The van der Waals surface area contributed by atoms with E-state index in [4.69, 9.17) is 10.1 Å². The summed E-state index contributed by atoms with van der Waals surface area (Å²) in [5, 5.41) is 30.1. The van der Waals surface area contributed by atoms with Crippen molar-refractivity contribution >= 4 is 34.0 Å². The van der Waals surface area contributed by atoms with Crippen LogP contribution in [-0.4, -0.2) is 68.8 Å². The summed E-state index contributed by atoms with van der Waals surface area (Å²) >= 11 is 3.42. The molecule has 10 fully saturated rings. The van der Waals surface area contributed by atoms with Crippen molar-refractivity contribution in [2.24, 2.45) is 87.8 Å². The quantitative estimate of drug-likeness (QED) is 0.117. The van der Waals surface area contributed by atoms with Crippen LogP contribution in [0.5, 0.6) is 0 Å². The van der Waals surface area contributed by atoms with Gasteiger partial charge in [0.25, 0.3) is 6.47 Å². The van der Waals surface area contributed by atoms with Crippen LogP contribution in [-0.2, 0) is 19.3 Å². The van der Waals surface area contributed by atoms with Crippen molar-refractivity contribution in [3.63, 3.8) is 0 Å². The van der Waals surface area contributed by atoms with Gasteiger partial charge >= 0.3 is 103 Å². The van der Waals surface area contributed by atoms with E-state index in [2.05, 4.69) is 60.3 Å². The second kappa shape index (κ2) is 26.4. The van der Waals surface area contributed by atoms with Crippen LogP contribution in [0.4, 0.5) is 0 Å². The molecular weight excluding hydrogens is 957 g/mol. The summed E-state index contributed by atoms with van der Waals surface area (Å²) in [6, 6.07) is 0.585. The second-order valence-corrected chi connectivity index (χ2v) is 26.1. The number of likely N-dealkylation sites (tertiary alicyclic amines) is 1. The normalized spacial score (nSPS) is 45.4. The van der Waals surface area contributed by atoms with Gasteiger partial charge in [-0.15, -0.1) is 0 Å². The van der Waals surface area contributed by atoms with E-state index in [0.717, 1.165) is 110 Å². The van der Waals surface area contributed by atoms with Crippen LogP contribution in [0, 0.1) is 87.8 Å². The fourth-order valence-corrected chi connectivity index (χ4v) is 18.7. The fraction of sp³-hybridized carbons (Fsp3) is 0.946. The number of alkyl halides is 1. The van der Waals surface area contributed by atoms with E-state index < -0.39 is 11.2 Å². The molecule has 1 saturated heterocycles. The van der Waals surface area contributed by atoms with E-state index >= 15 is 0 Å². The maximum absolute atomic E-state index is 13.5. The maximum atomic E-state index is 13.5. The molecule has 67 heavy (non-hydrogen) atoms. The Morgan fingerprint density at radius 1 is 0.612 bits per heavy atom. The first kappa shape index (κ1) is 60.3. The standard InChI is InChI=1S/C27H45NO2.C21H33BrO2.C7H14.CH2O3.2K.H/c1-18-6-4-5-15-28(18)17-25(29)24-10-9-23-22-8-7-19-16-26(2,30)13-11-20(19)21(22)12-14-27(23,24)3;1-20(24)9-7-14-13(11-20)3-4-16-15(14)8-10-21(2)17(16)5-6-18(21)19(23)12-22;1-7-5-3-2-4-6-7;2-1-4-3;;;/h18-24,30H,4-17H2,1-3H3;13-18,24H,3-12H2,1-2H3;7H,2-6H2,1H3;1,3H;;;/q;;;;2*+1;-1/p-1/t18-,19-,20+,21-,22-,23+,24-,26-,27+;13-,14+,15-,16-,17+,18-,20-,21+;;;;;/m11...../s1. The molecule has 0 spiro atoms. The molecule has 0 aromatic heterocycles. The van der Waals surface area contributed by atoms with Gasteiger partial charge in [-0.25, -0.2) is 0 Å². The molecule has 0 unspecified atom stereocenters. The number of ketones is 2. The minimum absolute atomic E-state index is 0. The largest absolute Gasteiger partial charge is 1.00 e. The topological polar surface area (TPSA) is 127 Å². The van der Waals surface area contributed by atoms with Gasteiger partial charge in [-0.05, 0) is 232 Å². The van der Waals surface area contributed by atoms with Crippen LogP contribution in [0.1, 0.15) is 210 Å². The zero-order valence-corrected chi connectivity index (χ0v) is 51.8. The maximum Gasteiger partial charge on any atom is 1.00 e. The number of halogens is 1. The number of piperidine rings is 1. The van der Waals surface area contributed by atoms with Gasteiger partial charge in [0.2, 0.25) is 0 Å². The average molecular weight is 1050 g/mol. The van der Waals surface area contributed by atoms with Crippen LogP contribution >= 0.6 is 15.9 Å². The number of rotatable bonds is 6. The van der Waals surface area contributed by atoms with Crippen LogP contribution in [0.25, 0.3) is 0 Å². The molecule has 1 aliphatic heterocycles. The molecule has 11 heteroatoms. The van der Waals surface area contributed by atoms with Crippen molar-refractivity contribution in [2.45, 2.75) is 226 Å². The number of aliphatic hydroxyl groups is 2. The summed E-state index contributed by atoms with van der Waals surface area (Å²) in [7, 11) is 0. The van der Waals surface area contributed by atoms with Crippen molar-refractivity contribution in [1.82, 2.24) is 4.90 Å². The van der Waals surface area contributed by atoms with E-state index in [1.807, 2.05) is 6.92 Å². The molecule has 2 N–H and O–H groups in total. The van der Waals surface area contributed by atoms with Crippen molar-refractivity contribution in [3.05, 3.63) is 0 Å². The van der Waals surface area contributed by atoms with Gasteiger partial charge in [0.05, 0.1) is 23.1 Å². The van der Waals surface area contributed by atoms with Crippen LogP contribution < -0.4 is 108 Å². The SMILES string of the molecule is CC1CCCCC1.C[C@@H]1CCCCN1CC(=O)[C@H]1CC[C@H]2[C@@H]3CC[C@@H]4C[C@](C)(O)CC[C@@H]4[C@H]3CC[C@]12C.C[C@@]1(O)CC[C@H]2[C@H](CC[C@@H]3[C@@H]2CC[C@]2(C)[C@@H](C(=O)CBr)CC[C@@H]32)C1.O=CO[O-].[H-].[K+].[K+]. The van der Waals surface area contributed by atoms with Crippen LogP contribution in [0.15, 0.2) is 0 Å². The Morgan fingerprint density at radius 2 is 1.06 bits per heavy atom. The predicted octanol–water partition coefficient (Wildman–Crippen LogP) is 5.56. The predicted molar refractivity (Wildman–Crippen MR) is 262 cm³/mol. The number of carbonyl (C=O) groups is 3. The van der Waals surface area contributed by atoms with Crippen molar-refractivity contribution in [2.75, 3.05) is 18.4 Å². The van der Waals surface area contributed by atoms with Gasteiger partial charge in [-0.1, -0.05) is 75.2 Å². The molecule has 10 rings (SSSR count). The molecule has 0 aromatic carbocycles. The van der Waals surface area contributed by atoms with E-state index in [0.29, 0.717) is 41.3 Å². The zero-order valence-electron chi connectivity index (χ0n) is 44.9. The summed E-state index contributed by atoms with van der Waals surface area (Å²) in [6.07, 6.45) is 33.1. The van der Waals surface area contributed by atoms with Gasteiger partial charge in [0, 0.05) is 17.9 Å². The van der Waals surface area contributed by atoms with Gasteiger partial charge in [-0.3, -0.25) is 19.3 Å². The van der Waals surface area contributed by atoms with Gasteiger partial charge in [-0.2, -0.15) is 0 Å². The first-order valence-corrected chi connectivity index (χ1v) is 28.6. The number of carbonyl (C=O) groups excluding carboxylic acids is 3. The number of fused-ring (bicyclic) bond motifs is 10. The molecule has 0 radical (unpaired) electrons. The summed E-state index contributed by atoms with van der Waals surface area (Å²) in [5.41, 5.74) is -0.325. The molecule has 0 bridgehead atoms. The third-order valence-electron chi connectivity index (χ3n) is 21.6. The number of Topliss-reactive ketones (excluding diaryl/α,β-unsaturated/α-hetero) is 2. The van der Waals surface area contributed by atoms with Crippen molar-refractivity contribution < 1.29 is 139 Å². The Labute approximate surface area is 503 Å². The molecule has 10 aliphatic rings. The Hall–Kier alpha value is 2.40. The molecule has 1 heterocycles. The smallest absolute Gasteiger partial charge is 1.00 e. The Balaban J connectivity index is 0.000000237. The molecule has 9 saturated carbocycles. The zero-order chi connectivity index (χ0) is 46.7. The number of hydrogen-bond acceptors (Lipinski definition) is 8. The molecule has 0 amide bonds. The Morgan fingerprint density at radius 3 is 1.48 bits per heavy atom. The molecular formula is C56H94BrK2NO7. The summed E-state index contributed by atoms with van der Waals surface area (Å²) in [6.45, 7) is 15.4. The van der Waals surface area contributed by atoms with Crippen LogP contribution in [0.2, 0.25) is 0 Å². The van der Waals surface area contributed by atoms with Gasteiger partial charge in [0.1, 0.15) is 11.6 Å². The molecule has 8 nitrogen and oxygen atoms in total. The summed E-state index contributed by atoms with van der Waals surface area (Å²) < 4.78 is 0. The summed E-state index contributed by atoms with van der Waals surface area (Å²) in [5.74, 6) is 10.8. The van der Waals surface area contributed by atoms with Crippen molar-refractivity contribution in [1.29, 1.82) is 0 Å².